The summed E-state index contributed by atoms with van der Waals surface area (Å²) in [5, 5.41) is 18.0. The number of anilines is 1. The van der Waals surface area contributed by atoms with Crippen LogP contribution in [0, 0.1) is 0 Å². The maximum atomic E-state index is 12.1. The van der Waals surface area contributed by atoms with E-state index in [2.05, 4.69) is 30.2 Å². The summed E-state index contributed by atoms with van der Waals surface area (Å²) in [5.41, 5.74) is 2.23. The van der Waals surface area contributed by atoms with Crippen molar-refractivity contribution >= 4 is 33.0 Å². The van der Waals surface area contributed by atoms with Gasteiger partial charge in [-0.05, 0) is 31.2 Å². The van der Waals surface area contributed by atoms with Crippen molar-refractivity contribution in [3.05, 3.63) is 42.4 Å². The normalized spacial score (nSPS) is 12.1. The smallest absolute Gasteiger partial charge is 0.313 e. The van der Waals surface area contributed by atoms with Gasteiger partial charge < -0.3 is 4.90 Å². The first-order chi connectivity index (χ1) is 13.4. The lowest BCUT2D eigenvalue weighted by Crippen LogP contribution is -2.34. The number of benzene rings is 1. The number of carbonyl (C=O) groups is 1. The molecule has 0 saturated heterocycles. The van der Waals surface area contributed by atoms with E-state index < -0.39 is 15.9 Å². The SMILES string of the molecule is CCN(CCNS(C)(=O)=O)c1ccc(N=NC(=O)c2cc3nncn3[nH]2)cc1. The van der Waals surface area contributed by atoms with Crippen molar-refractivity contribution in [2.75, 3.05) is 30.8 Å². The number of azo groups is 1. The van der Waals surface area contributed by atoms with Crippen molar-refractivity contribution in [3.63, 3.8) is 0 Å². The van der Waals surface area contributed by atoms with Crippen LogP contribution >= 0.6 is 0 Å². The molecule has 2 heterocycles. The third kappa shape index (κ3) is 4.98. The Bertz CT molecular complexity index is 1060. The molecule has 28 heavy (non-hydrogen) atoms. The maximum absolute atomic E-state index is 12.1. The lowest BCUT2D eigenvalue weighted by Gasteiger charge is -2.23. The van der Waals surface area contributed by atoms with Crippen molar-refractivity contribution in [1.29, 1.82) is 0 Å². The Morgan fingerprint density at radius 2 is 2.07 bits per heavy atom. The van der Waals surface area contributed by atoms with E-state index in [0.29, 0.717) is 31.0 Å². The molecule has 2 N–H and O–H groups in total. The second kappa shape index (κ2) is 8.27. The topological polar surface area (TPSA) is 137 Å². The first-order valence-electron chi connectivity index (χ1n) is 8.50. The van der Waals surface area contributed by atoms with Gasteiger partial charge in [-0.15, -0.1) is 20.4 Å². The predicted molar refractivity (Wildman–Crippen MR) is 103 cm³/mol. The molecule has 0 saturated carbocycles. The lowest BCUT2D eigenvalue weighted by atomic mass is 10.2. The molecule has 148 valence electrons. The van der Waals surface area contributed by atoms with Crippen LogP contribution in [0.15, 0.2) is 46.9 Å². The number of aromatic amines is 1. The van der Waals surface area contributed by atoms with Gasteiger partial charge in [0.2, 0.25) is 10.0 Å². The second-order valence-electron chi connectivity index (χ2n) is 6.00. The molecule has 0 atom stereocenters. The number of amides is 1. The molecule has 11 nitrogen and oxygen atoms in total. The lowest BCUT2D eigenvalue weighted by molar-refractivity contribution is 0.0990. The van der Waals surface area contributed by atoms with Gasteiger partial charge in [-0.25, -0.2) is 17.7 Å². The van der Waals surface area contributed by atoms with Crippen LogP contribution in [0.2, 0.25) is 0 Å². The Kier molecular flexibility index (Phi) is 5.80. The van der Waals surface area contributed by atoms with Crippen LogP contribution in [-0.4, -0.2) is 60.0 Å². The van der Waals surface area contributed by atoms with E-state index in [9.17, 15) is 13.2 Å². The van der Waals surface area contributed by atoms with Crippen molar-refractivity contribution in [3.8, 4) is 0 Å². The molecule has 2 aromatic heterocycles. The van der Waals surface area contributed by atoms with Crippen molar-refractivity contribution in [2.24, 2.45) is 10.2 Å². The van der Waals surface area contributed by atoms with Crippen LogP contribution in [0.5, 0.6) is 0 Å². The Morgan fingerprint density at radius 3 is 2.71 bits per heavy atom. The van der Waals surface area contributed by atoms with E-state index in [1.54, 1.807) is 18.2 Å². The summed E-state index contributed by atoms with van der Waals surface area (Å²) in [6.45, 7) is 3.55. The standard InChI is InChI=1S/C16H20N8O3S/c1-3-23(9-8-18-28(2,26)27)13-6-4-12(5-7-13)19-21-16(25)14-10-15-20-17-11-24(15)22-14/h4-7,10-11,18,22H,3,8-9H2,1-2H3. The molecule has 1 amide bonds. The van der Waals surface area contributed by atoms with Crippen LogP contribution in [-0.2, 0) is 10.0 Å². The van der Waals surface area contributed by atoms with Gasteiger partial charge in [0, 0.05) is 31.4 Å². The first kappa shape index (κ1) is 19.6. The number of hydrogen-bond acceptors (Lipinski definition) is 7. The molecule has 0 spiro atoms. The third-order valence-electron chi connectivity index (χ3n) is 3.92. The van der Waals surface area contributed by atoms with Gasteiger partial charge in [0.25, 0.3) is 0 Å². The molecule has 0 bridgehead atoms. The molecule has 0 aliphatic rings. The zero-order chi connectivity index (χ0) is 20.1. The number of aromatic nitrogens is 4. The molecule has 0 radical (unpaired) electrons. The second-order valence-corrected chi connectivity index (χ2v) is 7.83. The van der Waals surface area contributed by atoms with Crippen LogP contribution in [0.4, 0.5) is 11.4 Å². The molecule has 3 rings (SSSR count). The number of carbonyl (C=O) groups excluding carboxylic acids is 1. The Morgan fingerprint density at radius 1 is 1.32 bits per heavy atom. The van der Waals surface area contributed by atoms with Gasteiger partial charge in [-0.2, -0.15) is 0 Å². The van der Waals surface area contributed by atoms with Gasteiger partial charge in [0.05, 0.1) is 11.9 Å². The van der Waals surface area contributed by atoms with Gasteiger partial charge >= 0.3 is 5.91 Å². The molecular weight excluding hydrogens is 384 g/mol. The Labute approximate surface area is 161 Å². The number of rotatable bonds is 8. The highest BCUT2D eigenvalue weighted by Crippen LogP contribution is 2.20. The number of likely N-dealkylation sites (N-methyl/N-ethyl adjacent to an activating group) is 1. The zero-order valence-electron chi connectivity index (χ0n) is 15.4. The van der Waals surface area contributed by atoms with Crippen molar-refractivity contribution in [1.82, 2.24) is 24.5 Å². The van der Waals surface area contributed by atoms with Gasteiger partial charge in [0.15, 0.2) is 5.65 Å². The largest absolute Gasteiger partial charge is 0.370 e. The minimum Gasteiger partial charge on any atom is -0.370 e. The predicted octanol–water partition coefficient (Wildman–Crippen LogP) is 1.36. The van der Waals surface area contributed by atoms with Crippen molar-refractivity contribution < 1.29 is 13.2 Å². The molecular formula is C16H20N8O3S. The van der Waals surface area contributed by atoms with Crippen LogP contribution < -0.4 is 9.62 Å². The van der Waals surface area contributed by atoms with Gasteiger partial charge in [-0.3, -0.25) is 9.89 Å². The number of fused-ring (bicyclic) bond motifs is 1. The highest BCUT2D eigenvalue weighted by molar-refractivity contribution is 7.88. The van der Waals surface area contributed by atoms with Crippen molar-refractivity contribution in [2.45, 2.75) is 6.92 Å². The molecule has 12 heteroatoms. The molecule has 1 aromatic carbocycles. The first-order valence-corrected chi connectivity index (χ1v) is 10.4. The van der Waals surface area contributed by atoms with Crippen LogP contribution in [0.25, 0.3) is 5.65 Å². The third-order valence-corrected chi connectivity index (χ3v) is 4.65. The Balaban J connectivity index is 1.61. The van der Waals surface area contributed by atoms with E-state index >= 15 is 0 Å². The quantitative estimate of drug-likeness (QED) is 0.544. The molecule has 0 aliphatic heterocycles. The molecule has 0 fully saturated rings. The number of nitrogens with zero attached hydrogens (tertiary/aromatic N) is 6. The minimum atomic E-state index is -3.21. The number of nitrogens with one attached hydrogen (secondary N) is 2. The molecule has 3 aromatic rings. The fourth-order valence-electron chi connectivity index (χ4n) is 2.55. The summed E-state index contributed by atoms with van der Waals surface area (Å²) in [6, 6.07) is 8.71. The summed E-state index contributed by atoms with van der Waals surface area (Å²) in [6.07, 6.45) is 2.58. The maximum Gasteiger partial charge on any atom is 0.313 e. The van der Waals surface area contributed by atoms with E-state index in [1.807, 2.05) is 24.0 Å². The average Bonchev–Trinajstić information content (AvgIpc) is 3.25. The summed E-state index contributed by atoms with van der Waals surface area (Å²) in [4.78, 5) is 14.1. The fraction of sp³-hybridized carbons (Fsp3) is 0.312. The average molecular weight is 404 g/mol. The van der Waals surface area contributed by atoms with Gasteiger partial charge in [0.1, 0.15) is 12.0 Å². The van der Waals surface area contributed by atoms with E-state index in [-0.39, 0.29) is 5.69 Å². The van der Waals surface area contributed by atoms with E-state index in [4.69, 9.17) is 0 Å². The molecule has 0 aliphatic carbocycles. The summed E-state index contributed by atoms with van der Waals surface area (Å²) >= 11 is 0. The van der Waals surface area contributed by atoms with E-state index in [0.717, 1.165) is 11.9 Å². The highest BCUT2D eigenvalue weighted by atomic mass is 32.2. The minimum absolute atomic E-state index is 0.265. The monoisotopic (exact) mass is 404 g/mol. The fourth-order valence-corrected chi connectivity index (χ4v) is 3.01. The number of hydrogen-bond donors (Lipinski definition) is 2. The Hall–Kier alpha value is -3.12. The van der Waals surface area contributed by atoms with Crippen LogP contribution in [0.1, 0.15) is 17.4 Å². The summed E-state index contributed by atoms with van der Waals surface area (Å²) < 4.78 is 26.3. The van der Waals surface area contributed by atoms with E-state index in [1.165, 1.54) is 10.8 Å². The number of H-pyrrole nitrogens is 1. The number of sulfonamides is 1. The molecule has 0 unspecified atom stereocenters. The highest BCUT2D eigenvalue weighted by Gasteiger charge is 2.10. The van der Waals surface area contributed by atoms with Gasteiger partial charge in [-0.1, -0.05) is 0 Å². The summed E-state index contributed by atoms with van der Waals surface area (Å²) in [7, 11) is -3.21. The summed E-state index contributed by atoms with van der Waals surface area (Å²) in [5.74, 6) is -0.517. The van der Waals surface area contributed by atoms with Crippen LogP contribution in [0.3, 0.4) is 0 Å². The zero-order valence-corrected chi connectivity index (χ0v) is 16.2.